The number of nitrogens with two attached hydrogens (primary N) is 2. The van der Waals surface area contributed by atoms with Gasteiger partial charge in [-0.05, 0) is 26.0 Å². The van der Waals surface area contributed by atoms with Crippen molar-refractivity contribution in [2.45, 2.75) is 80.6 Å². The van der Waals surface area contributed by atoms with Gasteiger partial charge < -0.3 is 55.6 Å². The number of methoxy groups -OCH3 is 1. The zero-order chi connectivity index (χ0) is 31.9. The number of ether oxygens (including phenoxy) is 5. The van der Waals surface area contributed by atoms with Crippen molar-refractivity contribution in [1.29, 1.82) is 10.5 Å². The maximum Gasteiger partial charge on any atom is 0.352 e. The normalized spacial score (nSPS) is 36.1. The lowest BCUT2D eigenvalue weighted by atomic mass is 10.0. The molecule has 3 aliphatic rings. The van der Waals surface area contributed by atoms with E-state index < -0.39 is 78.1 Å². The Labute approximate surface area is 242 Å². The van der Waals surface area contributed by atoms with Crippen LogP contribution in [-0.2, 0) is 35.1 Å². The number of nitrogens with zero attached hydrogens (tertiary/aromatic N) is 6. The van der Waals surface area contributed by atoms with Crippen molar-refractivity contribution in [3.8, 4) is 12.1 Å². The standard InChI is InChI=1S/C13H16N4O6.C11H14N4O5/c1-6(18)8-9-10(22-12(20-2)21-9)13(5-14,23-8)17-4-3-7(15)16-11(17)19;1-5(16)8-7(17)9(18)11(4-12,20-8)15-3-2-6(13)14-10(15)19/h3-4,6,8-10,12,18H,1-2H3,(H2,15,16,19);2-3,5,7-9,16-18H,1H3,(H2,13,14,19)/t6-,8-,9-,10-,12?,13-;5-,7-,8-,9-,11-/m11/s1. The second kappa shape index (κ2) is 11.9. The lowest BCUT2D eigenvalue weighted by molar-refractivity contribution is -0.270. The lowest BCUT2D eigenvalue weighted by Crippen LogP contribution is -2.49. The first-order valence-corrected chi connectivity index (χ1v) is 12.7. The number of hydrogen-bond donors (Lipinski definition) is 6. The highest BCUT2D eigenvalue weighted by Gasteiger charge is 2.65. The molecule has 0 radical (unpaired) electrons. The minimum absolute atomic E-state index is 0.0133. The van der Waals surface area contributed by atoms with Crippen LogP contribution in [0.2, 0.25) is 0 Å². The fourth-order valence-corrected chi connectivity index (χ4v) is 4.98. The van der Waals surface area contributed by atoms with Crippen LogP contribution in [0.25, 0.3) is 0 Å². The van der Waals surface area contributed by atoms with E-state index in [4.69, 9.17) is 35.2 Å². The monoisotopic (exact) mass is 606 g/mol. The number of aromatic nitrogens is 4. The molecular formula is C24H30N8O11. The van der Waals surface area contributed by atoms with Gasteiger partial charge in [0, 0.05) is 19.5 Å². The quantitative estimate of drug-likeness (QED) is 0.189. The summed E-state index contributed by atoms with van der Waals surface area (Å²) in [5.41, 5.74) is 5.11. The molecule has 3 aliphatic heterocycles. The summed E-state index contributed by atoms with van der Waals surface area (Å²) in [6, 6.07) is 6.21. The predicted molar refractivity (Wildman–Crippen MR) is 139 cm³/mol. The van der Waals surface area contributed by atoms with Crippen molar-refractivity contribution in [3.05, 3.63) is 45.5 Å². The van der Waals surface area contributed by atoms with E-state index in [-0.39, 0.29) is 11.6 Å². The molecule has 19 nitrogen and oxygen atoms in total. The molecule has 3 saturated heterocycles. The summed E-state index contributed by atoms with van der Waals surface area (Å²) in [6.45, 7) is 1.79. The van der Waals surface area contributed by atoms with Gasteiger partial charge in [0.2, 0.25) is 0 Å². The second-order valence-corrected chi connectivity index (χ2v) is 9.89. The Bertz CT molecular complexity index is 1540. The van der Waals surface area contributed by atoms with Crippen molar-refractivity contribution in [2.24, 2.45) is 0 Å². The summed E-state index contributed by atoms with van der Waals surface area (Å²) in [6.07, 6.45) is -6.81. The molecule has 0 saturated carbocycles. The Balaban J connectivity index is 0.000000199. The Morgan fingerprint density at radius 2 is 1.42 bits per heavy atom. The highest BCUT2D eigenvalue weighted by Crippen LogP contribution is 2.44. The molecule has 2 aromatic rings. The van der Waals surface area contributed by atoms with Crippen molar-refractivity contribution >= 4 is 11.6 Å². The lowest BCUT2D eigenvalue weighted by Gasteiger charge is -2.28. The van der Waals surface area contributed by atoms with Gasteiger partial charge in [-0.2, -0.15) is 20.5 Å². The highest BCUT2D eigenvalue weighted by molar-refractivity contribution is 5.26. The van der Waals surface area contributed by atoms with E-state index in [1.807, 2.05) is 6.07 Å². The number of nitriles is 2. The molecule has 232 valence electrons. The molecule has 0 bridgehead atoms. The first kappa shape index (κ1) is 31.9. The van der Waals surface area contributed by atoms with Crippen LogP contribution in [0.5, 0.6) is 0 Å². The van der Waals surface area contributed by atoms with E-state index in [9.17, 15) is 40.5 Å². The Kier molecular flexibility index (Phi) is 8.85. The van der Waals surface area contributed by atoms with Gasteiger partial charge in [-0.1, -0.05) is 0 Å². The Hall–Kier alpha value is -4.02. The summed E-state index contributed by atoms with van der Waals surface area (Å²) in [4.78, 5) is 31.0. The molecule has 0 amide bonds. The SMILES string of the molecule is COC1O[C@@H]2[C@@H]([C@@H](C)O)O[C@@](C#N)(n3ccc(N)nc3=O)[C@@H]2O1.C[C@@H](O)[C@H]1O[C@@](C#N)(n2ccc(N)nc2=O)[C@H](O)[C@@H]1O. The van der Waals surface area contributed by atoms with E-state index in [0.29, 0.717) is 0 Å². The minimum Gasteiger partial charge on any atom is -0.391 e. The number of rotatable bonds is 5. The largest absolute Gasteiger partial charge is 0.391 e. The van der Waals surface area contributed by atoms with Gasteiger partial charge in [-0.25, -0.2) is 9.59 Å². The minimum atomic E-state index is -2.17. The molecule has 11 atom stereocenters. The maximum absolute atomic E-state index is 12.2. The third kappa shape index (κ3) is 5.34. The molecule has 0 aromatic carbocycles. The van der Waals surface area contributed by atoms with E-state index in [1.54, 1.807) is 6.07 Å². The number of anilines is 2. The van der Waals surface area contributed by atoms with Gasteiger partial charge in [0.25, 0.3) is 17.9 Å². The van der Waals surface area contributed by atoms with Gasteiger partial charge in [-0.15, -0.1) is 0 Å². The van der Waals surface area contributed by atoms with Crippen molar-refractivity contribution < 1.29 is 44.1 Å². The zero-order valence-corrected chi connectivity index (χ0v) is 23.0. The molecule has 43 heavy (non-hydrogen) atoms. The summed E-state index contributed by atoms with van der Waals surface area (Å²) in [5, 5.41) is 58.3. The van der Waals surface area contributed by atoms with E-state index >= 15 is 0 Å². The van der Waals surface area contributed by atoms with Crippen LogP contribution in [0, 0.1) is 22.7 Å². The smallest absolute Gasteiger partial charge is 0.352 e. The number of hydrogen-bond acceptors (Lipinski definition) is 17. The number of fused-ring (bicyclic) bond motifs is 1. The van der Waals surface area contributed by atoms with Crippen LogP contribution >= 0.6 is 0 Å². The fraction of sp³-hybridized carbons (Fsp3) is 0.583. The average molecular weight is 607 g/mol. The van der Waals surface area contributed by atoms with E-state index in [0.717, 1.165) is 15.3 Å². The van der Waals surface area contributed by atoms with Gasteiger partial charge >= 0.3 is 11.4 Å². The number of nitrogen functional groups attached to an aromatic ring is 2. The molecule has 5 heterocycles. The molecule has 2 aromatic heterocycles. The van der Waals surface area contributed by atoms with Gasteiger partial charge in [-0.3, -0.25) is 9.13 Å². The fourth-order valence-electron chi connectivity index (χ4n) is 4.98. The Morgan fingerprint density at radius 3 is 1.84 bits per heavy atom. The van der Waals surface area contributed by atoms with Crippen LogP contribution in [0.1, 0.15) is 13.8 Å². The first-order chi connectivity index (χ1) is 20.3. The van der Waals surface area contributed by atoms with Crippen molar-refractivity contribution in [2.75, 3.05) is 18.6 Å². The summed E-state index contributed by atoms with van der Waals surface area (Å²) >= 11 is 0. The van der Waals surface area contributed by atoms with Gasteiger partial charge in [0.05, 0.1) is 12.2 Å². The predicted octanol–water partition coefficient (Wildman–Crippen LogP) is -4.00. The topological polar surface area (TPSA) is 296 Å². The highest BCUT2D eigenvalue weighted by atomic mass is 16.9. The summed E-state index contributed by atoms with van der Waals surface area (Å²) in [7, 11) is 1.37. The molecule has 0 aliphatic carbocycles. The molecule has 1 unspecified atom stereocenters. The molecule has 5 rings (SSSR count). The second-order valence-electron chi connectivity index (χ2n) is 9.89. The first-order valence-electron chi connectivity index (χ1n) is 12.7. The number of aliphatic hydroxyl groups is 4. The van der Waals surface area contributed by atoms with Crippen LogP contribution in [0.4, 0.5) is 11.6 Å². The Morgan fingerprint density at radius 1 is 0.930 bits per heavy atom. The summed E-state index contributed by atoms with van der Waals surface area (Å²) in [5.74, 6) is -0.0428. The zero-order valence-electron chi connectivity index (χ0n) is 23.0. The maximum atomic E-state index is 12.2. The third-order valence-corrected chi connectivity index (χ3v) is 7.06. The summed E-state index contributed by atoms with van der Waals surface area (Å²) < 4.78 is 28.7. The van der Waals surface area contributed by atoms with Crippen LogP contribution in [0.15, 0.2) is 34.1 Å². The molecule has 3 fully saturated rings. The van der Waals surface area contributed by atoms with E-state index in [2.05, 4.69) is 9.97 Å². The average Bonchev–Trinajstić information content (AvgIpc) is 3.60. The van der Waals surface area contributed by atoms with Gasteiger partial charge in [0.15, 0.2) is 6.10 Å². The molecule has 8 N–H and O–H groups in total. The van der Waals surface area contributed by atoms with Crippen LogP contribution in [0.3, 0.4) is 0 Å². The molecule has 19 heteroatoms. The number of aliphatic hydroxyl groups excluding tert-OH is 4. The van der Waals surface area contributed by atoms with Gasteiger partial charge in [0.1, 0.15) is 54.3 Å². The van der Waals surface area contributed by atoms with Crippen LogP contribution < -0.4 is 22.8 Å². The van der Waals surface area contributed by atoms with Crippen molar-refractivity contribution in [1.82, 2.24) is 19.1 Å². The molecule has 0 spiro atoms. The van der Waals surface area contributed by atoms with Crippen LogP contribution in [-0.4, -0.2) is 102 Å². The van der Waals surface area contributed by atoms with Crippen molar-refractivity contribution in [3.63, 3.8) is 0 Å². The molecular weight excluding hydrogens is 576 g/mol. The third-order valence-electron chi connectivity index (χ3n) is 7.06. The van der Waals surface area contributed by atoms with E-state index in [1.165, 1.54) is 39.3 Å².